The Morgan fingerprint density at radius 3 is 2.72 bits per heavy atom. The minimum Gasteiger partial charge on any atom is -0.294 e. The highest BCUT2D eigenvalue weighted by molar-refractivity contribution is 9.10. The summed E-state index contributed by atoms with van der Waals surface area (Å²) in [6.45, 7) is 0. The van der Waals surface area contributed by atoms with Crippen LogP contribution in [0.25, 0.3) is 0 Å². The number of carbonyl (C=O) groups is 1. The fourth-order valence-corrected chi connectivity index (χ4v) is 1.89. The summed E-state index contributed by atoms with van der Waals surface area (Å²) in [6, 6.07) is 5.63. The first-order chi connectivity index (χ1) is 8.59. The minimum atomic E-state index is -0.871. The molecular weight excluding hydrogens is 304 g/mol. The summed E-state index contributed by atoms with van der Waals surface area (Å²) in [6.07, 6.45) is 2.97. The van der Waals surface area contributed by atoms with Crippen molar-refractivity contribution in [1.82, 2.24) is 4.98 Å². The van der Waals surface area contributed by atoms with Gasteiger partial charge in [-0.2, -0.15) is 0 Å². The van der Waals surface area contributed by atoms with E-state index in [1.165, 1.54) is 12.3 Å². The number of carbonyl (C=O) groups excluding carboxylic acids is 1. The molecule has 0 atom stereocenters. The Bertz CT molecular complexity index is 587. The lowest BCUT2D eigenvalue weighted by atomic mass is 10.0. The van der Waals surface area contributed by atoms with E-state index >= 15 is 0 Å². The lowest BCUT2D eigenvalue weighted by molar-refractivity contribution is 0.0984. The number of Topliss-reactive ketones (excluding diaryl/α,β-unsaturated/α-hetero) is 1. The molecule has 2 aromatic rings. The highest BCUT2D eigenvalue weighted by Gasteiger charge is 2.19. The average Bonchev–Trinajstić information content (AvgIpc) is 2.36. The van der Waals surface area contributed by atoms with E-state index in [1.54, 1.807) is 18.3 Å². The summed E-state index contributed by atoms with van der Waals surface area (Å²) in [5.41, 5.74) is 0.0921. The second-order valence-electron chi connectivity index (χ2n) is 3.68. The average molecular weight is 312 g/mol. The Morgan fingerprint density at radius 2 is 2.06 bits per heavy atom. The number of halogens is 3. The van der Waals surface area contributed by atoms with Crippen molar-refractivity contribution in [1.29, 1.82) is 0 Å². The number of hydrogen-bond donors (Lipinski definition) is 0. The summed E-state index contributed by atoms with van der Waals surface area (Å²) in [5.74, 6) is -2.34. The molecule has 0 saturated carbocycles. The molecule has 18 heavy (non-hydrogen) atoms. The maximum atomic E-state index is 13.7. The summed E-state index contributed by atoms with van der Waals surface area (Å²) in [7, 11) is 0. The highest BCUT2D eigenvalue weighted by atomic mass is 79.9. The van der Waals surface area contributed by atoms with Gasteiger partial charge in [0.2, 0.25) is 0 Å². The van der Waals surface area contributed by atoms with E-state index < -0.39 is 23.0 Å². The van der Waals surface area contributed by atoms with Gasteiger partial charge < -0.3 is 0 Å². The highest BCUT2D eigenvalue weighted by Crippen LogP contribution is 2.22. The van der Waals surface area contributed by atoms with Gasteiger partial charge in [-0.1, -0.05) is 6.07 Å². The first-order valence-electron chi connectivity index (χ1n) is 5.15. The second-order valence-corrected chi connectivity index (χ2v) is 4.53. The molecule has 0 radical (unpaired) electrons. The zero-order chi connectivity index (χ0) is 13.1. The molecule has 0 unspecified atom stereocenters. The minimum absolute atomic E-state index is 0.0680. The van der Waals surface area contributed by atoms with Crippen molar-refractivity contribution in [3.8, 4) is 0 Å². The molecule has 0 saturated heterocycles. The van der Waals surface area contributed by atoms with Gasteiger partial charge in [-0.25, -0.2) is 8.78 Å². The predicted octanol–water partition coefficient (Wildman–Crippen LogP) is 3.55. The molecule has 1 aromatic heterocycles. The molecule has 1 heterocycles. The van der Waals surface area contributed by atoms with Crippen LogP contribution in [-0.2, 0) is 6.42 Å². The molecule has 0 amide bonds. The molecule has 0 bridgehead atoms. The van der Waals surface area contributed by atoms with E-state index in [1.807, 2.05) is 0 Å². The van der Waals surface area contributed by atoms with Crippen molar-refractivity contribution >= 4 is 21.7 Å². The van der Waals surface area contributed by atoms with Crippen LogP contribution in [0, 0.1) is 11.6 Å². The molecule has 2 rings (SSSR count). The third-order valence-corrected chi connectivity index (χ3v) is 3.02. The van der Waals surface area contributed by atoms with Crippen molar-refractivity contribution in [3.63, 3.8) is 0 Å². The van der Waals surface area contributed by atoms with E-state index in [2.05, 4.69) is 20.9 Å². The van der Waals surface area contributed by atoms with E-state index in [-0.39, 0.29) is 10.9 Å². The van der Waals surface area contributed by atoms with Crippen LogP contribution in [0.1, 0.15) is 15.9 Å². The predicted molar refractivity (Wildman–Crippen MR) is 66.3 cm³/mol. The Morgan fingerprint density at radius 1 is 1.28 bits per heavy atom. The van der Waals surface area contributed by atoms with Crippen LogP contribution in [-0.4, -0.2) is 10.8 Å². The first kappa shape index (κ1) is 12.8. The second kappa shape index (κ2) is 5.35. The molecule has 0 fully saturated rings. The quantitative estimate of drug-likeness (QED) is 0.641. The van der Waals surface area contributed by atoms with Crippen molar-refractivity contribution in [2.45, 2.75) is 6.42 Å². The lowest BCUT2D eigenvalue weighted by Gasteiger charge is -2.05. The van der Waals surface area contributed by atoms with Gasteiger partial charge in [0.25, 0.3) is 0 Å². The van der Waals surface area contributed by atoms with Crippen LogP contribution in [0.3, 0.4) is 0 Å². The van der Waals surface area contributed by atoms with Gasteiger partial charge in [-0.15, -0.1) is 0 Å². The SMILES string of the molecule is O=C(Cc1cccnc1)c1c(F)ccc(Br)c1F. The molecule has 2 nitrogen and oxygen atoms in total. The van der Waals surface area contributed by atoms with Crippen LogP contribution in [0.15, 0.2) is 41.1 Å². The Kier molecular flexibility index (Phi) is 3.81. The number of aromatic nitrogens is 1. The number of rotatable bonds is 3. The van der Waals surface area contributed by atoms with E-state index in [9.17, 15) is 13.6 Å². The summed E-state index contributed by atoms with van der Waals surface area (Å²) >= 11 is 2.93. The van der Waals surface area contributed by atoms with Gasteiger partial charge in [0, 0.05) is 18.8 Å². The van der Waals surface area contributed by atoms with Gasteiger partial charge in [-0.3, -0.25) is 9.78 Å². The Labute approximate surface area is 111 Å². The number of hydrogen-bond acceptors (Lipinski definition) is 2. The molecule has 92 valence electrons. The van der Waals surface area contributed by atoms with Gasteiger partial charge in [-0.05, 0) is 39.7 Å². The monoisotopic (exact) mass is 311 g/mol. The third kappa shape index (κ3) is 2.61. The van der Waals surface area contributed by atoms with Crippen LogP contribution in [0.5, 0.6) is 0 Å². The molecule has 0 aliphatic rings. The van der Waals surface area contributed by atoms with E-state index in [4.69, 9.17) is 0 Å². The summed E-state index contributed by atoms with van der Waals surface area (Å²) in [4.78, 5) is 15.7. The first-order valence-corrected chi connectivity index (χ1v) is 5.94. The van der Waals surface area contributed by atoms with Gasteiger partial charge >= 0.3 is 0 Å². The van der Waals surface area contributed by atoms with Crippen LogP contribution in [0.4, 0.5) is 8.78 Å². The molecule has 0 N–H and O–H groups in total. The molecule has 0 spiro atoms. The maximum Gasteiger partial charge on any atom is 0.173 e. The van der Waals surface area contributed by atoms with Crippen LogP contribution in [0.2, 0.25) is 0 Å². The number of pyridine rings is 1. The van der Waals surface area contributed by atoms with Crippen LogP contribution >= 0.6 is 15.9 Å². The number of nitrogens with zero attached hydrogens (tertiary/aromatic N) is 1. The fraction of sp³-hybridized carbons (Fsp3) is 0.0769. The smallest absolute Gasteiger partial charge is 0.173 e. The van der Waals surface area contributed by atoms with Gasteiger partial charge in [0.05, 0.1) is 10.0 Å². The summed E-state index contributed by atoms with van der Waals surface area (Å²) < 4.78 is 27.2. The maximum absolute atomic E-state index is 13.7. The van der Waals surface area contributed by atoms with Gasteiger partial charge in [0.1, 0.15) is 5.82 Å². The van der Waals surface area contributed by atoms with Crippen molar-refractivity contribution < 1.29 is 13.6 Å². The van der Waals surface area contributed by atoms with Crippen molar-refractivity contribution in [3.05, 3.63) is 63.9 Å². The third-order valence-electron chi connectivity index (χ3n) is 2.41. The number of ketones is 1. The van der Waals surface area contributed by atoms with E-state index in [0.717, 1.165) is 6.07 Å². The normalized spacial score (nSPS) is 10.4. The lowest BCUT2D eigenvalue weighted by Crippen LogP contribution is -2.09. The van der Waals surface area contributed by atoms with E-state index in [0.29, 0.717) is 5.56 Å². The molecule has 5 heteroatoms. The molecule has 0 aliphatic heterocycles. The topological polar surface area (TPSA) is 30.0 Å². The standard InChI is InChI=1S/C13H8BrF2NO/c14-9-3-4-10(15)12(13(9)16)11(18)6-8-2-1-5-17-7-8/h1-5,7H,6H2. The zero-order valence-corrected chi connectivity index (χ0v) is 10.7. The van der Waals surface area contributed by atoms with Crippen molar-refractivity contribution in [2.75, 3.05) is 0 Å². The largest absolute Gasteiger partial charge is 0.294 e. The molecule has 0 aliphatic carbocycles. The molecular formula is C13H8BrF2NO. The van der Waals surface area contributed by atoms with Crippen molar-refractivity contribution in [2.24, 2.45) is 0 Å². The van der Waals surface area contributed by atoms with Crippen LogP contribution < -0.4 is 0 Å². The summed E-state index contributed by atoms with van der Waals surface area (Å²) in [5, 5.41) is 0. The zero-order valence-electron chi connectivity index (χ0n) is 9.16. The molecule has 1 aromatic carbocycles. The number of benzene rings is 1. The Balaban J connectivity index is 2.33. The Hall–Kier alpha value is -1.62. The van der Waals surface area contributed by atoms with Gasteiger partial charge in [0.15, 0.2) is 11.6 Å². The fourth-order valence-electron chi connectivity index (χ4n) is 1.56.